The van der Waals surface area contributed by atoms with Gasteiger partial charge in [0, 0.05) is 30.6 Å². The number of urea groups is 1. The lowest BCUT2D eigenvalue weighted by molar-refractivity contribution is -0.179. The molecule has 0 bridgehead atoms. The number of para-hydroxylation sites is 1. The van der Waals surface area contributed by atoms with E-state index >= 15 is 19.2 Å². The van der Waals surface area contributed by atoms with Gasteiger partial charge in [0.15, 0.2) is 11.5 Å². The lowest BCUT2D eigenvalue weighted by Gasteiger charge is -2.46. The maximum absolute atomic E-state index is 16.9. The van der Waals surface area contributed by atoms with Gasteiger partial charge < -0.3 is 44.1 Å². The Morgan fingerprint density at radius 3 is 2.14 bits per heavy atom. The number of imide groups is 1. The molecule has 0 aromatic heterocycles. The lowest BCUT2D eigenvalue weighted by atomic mass is 9.64. The normalized spacial score (nSPS) is 22.3. The number of aliphatic hydroxyl groups excluding tert-OH is 2. The van der Waals surface area contributed by atoms with Crippen molar-refractivity contribution in [1.82, 2.24) is 15.1 Å². The molecule has 16 heteroatoms. The molecule has 0 aliphatic carbocycles. The predicted octanol–water partition coefficient (Wildman–Crippen LogP) is 5.97. The first-order chi connectivity index (χ1) is 35.4. The van der Waals surface area contributed by atoms with Crippen LogP contribution in [0, 0.1) is 23.7 Å². The molecular formula is C57H58N4O12. The molecule has 4 heterocycles. The summed E-state index contributed by atoms with van der Waals surface area (Å²) >= 11 is 0. The van der Waals surface area contributed by atoms with Crippen molar-refractivity contribution < 1.29 is 57.9 Å². The number of esters is 2. The Bertz CT molecular complexity index is 2970. The number of methoxy groups -OCH3 is 3. The Morgan fingerprint density at radius 2 is 1.48 bits per heavy atom. The Morgan fingerprint density at radius 1 is 0.808 bits per heavy atom. The van der Waals surface area contributed by atoms with Crippen LogP contribution in [-0.2, 0) is 47.0 Å². The van der Waals surface area contributed by atoms with Crippen LogP contribution in [-0.4, -0.2) is 110 Å². The van der Waals surface area contributed by atoms with Crippen molar-refractivity contribution in [2.75, 3.05) is 52.6 Å². The second-order valence-electron chi connectivity index (χ2n) is 18.7. The molecule has 4 aliphatic rings. The number of anilines is 1. The van der Waals surface area contributed by atoms with Crippen molar-refractivity contribution in [2.45, 2.75) is 68.9 Å². The number of hydrogen-bond donors (Lipinski definition) is 3. The molecule has 378 valence electrons. The number of benzene rings is 5. The Kier molecular flexibility index (Phi) is 14.6. The summed E-state index contributed by atoms with van der Waals surface area (Å²) in [6.07, 6.45) is -0.473. The number of fused-ring (bicyclic) bond motifs is 4. The van der Waals surface area contributed by atoms with E-state index in [1.54, 1.807) is 68.3 Å². The van der Waals surface area contributed by atoms with Gasteiger partial charge in [-0.1, -0.05) is 105 Å². The molecule has 2 saturated heterocycles. The summed E-state index contributed by atoms with van der Waals surface area (Å²) in [7, 11) is 4.28. The molecule has 73 heavy (non-hydrogen) atoms. The maximum atomic E-state index is 16.9. The Hall–Kier alpha value is -7.71. The maximum Gasteiger partial charge on any atom is 0.329 e. The molecule has 4 aliphatic heterocycles. The van der Waals surface area contributed by atoms with Crippen molar-refractivity contribution in [3.8, 4) is 29.1 Å². The molecule has 4 amide bonds. The standard InChI is InChI=1S/C57H58N4O12/c1-34(2)47(53(65)71-5)58-56(68)60-42-24-23-35(16-14-15-27-62)30-41(42)57(55(60)67)46(52(64)59-26-25-38-31-44(69-3)45(70-4)32-39(38)33-59)49-54(66)73-50(37-19-10-7-11-20-37)48(36-17-8-6-9-18-36)61(49)51(57)40-21-12-13-22-43(40)72-29-28-63/h6-13,17-24,30-32,34,46-51,62-63H,15,25-29,33H2,1-5H3,(H,58,68)/t46-,47+,48-,49-,50+,51+,57-/m1/s1. The molecule has 5 aromatic carbocycles. The van der Waals surface area contributed by atoms with Crippen molar-refractivity contribution in [3.63, 3.8) is 0 Å². The van der Waals surface area contributed by atoms with E-state index in [-0.39, 0.29) is 56.3 Å². The van der Waals surface area contributed by atoms with Crippen LogP contribution in [0.1, 0.15) is 77.4 Å². The van der Waals surface area contributed by atoms with Gasteiger partial charge in [0.1, 0.15) is 36.0 Å². The molecule has 0 unspecified atom stereocenters. The van der Waals surface area contributed by atoms with Gasteiger partial charge in [-0.3, -0.25) is 19.3 Å². The zero-order chi connectivity index (χ0) is 51.6. The predicted molar refractivity (Wildman–Crippen MR) is 267 cm³/mol. The van der Waals surface area contributed by atoms with Crippen LogP contribution in [0.2, 0.25) is 0 Å². The zero-order valence-corrected chi connectivity index (χ0v) is 41.3. The summed E-state index contributed by atoms with van der Waals surface area (Å²) in [5.74, 6) is 2.26. The van der Waals surface area contributed by atoms with Gasteiger partial charge >= 0.3 is 18.0 Å². The van der Waals surface area contributed by atoms with E-state index in [0.29, 0.717) is 40.2 Å². The number of cyclic esters (lactones) is 1. The van der Waals surface area contributed by atoms with Gasteiger partial charge in [0.25, 0.3) is 0 Å². The number of carbonyl (C=O) groups is 5. The fourth-order valence-electron chi connectivity index (χ4n) is 11.2. The third kappa shape index (κ3) is 8.81. The summed E-state index contributed by atoms with van der Waals surface area (Å²) in [6.45, 7) is 2.98. The SMILES string of the molecule is COC(=O)[C@@H](NC(=O)N1C(=O)[C@@]2(c3cc(C#CCCO)ccc31)[C@H](c1ccccc1OCCO)N1[C@H](c3ccccc3)[C@H](c3ccccc3)OC(=O)[C@H]1[C@@H]2C(=O)N1CCc2cc(OC)c(OC)cc2C1)C(C)C. The van der Waals surface area contributed by atoms with Crippen molar-refractivity contribution >= 4 is 35.5 Å². The van der Waals surface area contributed by atoms with E-state index in [1.807, 2.05) is 77.7 Å². The largest absolute Gasteiger partial charge is 0.493 e. The second kappa shape index (κ2) is 21.2. The van der Waals surface area contributed by atoms with E-state index in [9.17, 15) is 15.0 Å². The molecule has 16 nitrogen and oxygen atoms in total. The minimum absolute atomic E-state index is 0.0611. The average molecular weight is 991 g/mol. The van der Waals surface area contributed by atoms with Gasteiger partial charge in [0.2, 0.25) is 11.8 Å². The summed E-state index contributed by atoms with van der Waals surface area (Å²) in [5.41, 5.74) is 1.92. The van der Waals surface area contributed by atoms with Crippen molar-refractivity contribution in [3.05, 3.63) is 154 Å². The lowest BCUT2D eigenvalue weighted by Crippen LogP contribution is -2.58. The fraction of sp³-hybridized carbons (Fsp3) is 0.351. The van der Waals surface area contributed by atoms with Crippen molar-refractivity contribution in [2.24, 2.45) is 11.8 Å². The Labute approximate surface area is 423 Å². The third-order valence-corrected chi connectivity index (χ3v) is 14.4. The van der Waals surface area contributed by atoms with E-state index in [2.05, 4.69) is 17.2 Å². The number of ether oxygens (including phenoxy) is 5. The highest BCUT2D eigenvalue weighted by Gasteiger charge is 2.76. The molecule has 5 aromatic rings. The van der Waals surface area contributed by atoms with Crippen LogP contribution in [0.15, 0.2) is 115 Å². The molecule has 2 fully saturated rings. The zero-order valence-electron chi connectivity index (χ0n) is 41.3. The molecule has 0 saturated carbocycles. The summed E-state index contributed by atoms with van der Waals surface area (Å²) in [5, 5.41) is 22.7. The molecule has 7 atom stereocenters. The van der Waals surface area contributed by atoms with Crippen LogP contribution in [0.3, 0.4) is 0 Å². The van der Waals surface area contributed by atoms with Gasteiger partial charge in [-0.15, -0.1) is 0 Å². The van der Waals surface area contributed by atoms with Crippen LogP contribution in [0.25, 0.3) is 0 Å². The number of hydrogen-bond acceptors (Lipinski definition) is 13. The third-order valence-electron chi connectivity index (χ3n) is 14.4. The second-order valence-corrected chi connectivity index (χ2v) is 18.7. The van der Waals surface area contributed by atoms with E-state index in [0.717, 1.165) is 16.0 Å². The molecule has 3 N–H and O–H groups in total. The number of carbonyl (C=O) groups excluding carboxylic acids is 5. The van der Waals surface area contributed by atoms with Gasteiger partial charge in [-0.25, -0.2) is 14.5 Å². The molecular weight excluding hydrogens is 933 g/mol. The highest BCUT2D eigenvalue weighted by molar-refractivity contribution is 6.25. The number of nitrogens with zero attached hydrogens (tertiary/aromatic N) is 3. The summed E-state index contributed by atoms with van der Waals surface area (Å²) in [6, 6.07) is 28.4. The van der Waals surface area contributed by atoms with Crippen LogP contribution < -0.4 is 24.4 Å². The van der Waals surface area contributed by atoms with E-state index in [1.165, 1.54) is 14.2 Å². The summed E-state index contributed by atoms with van der Waals surface area (Å²) in [4.78, 5) is 82.3. The number of nitrogens with one attached hydrogen (secondary N) is 1. The van der Waals surface area contributed by atoms with Gasteiger partial charge in [-0.2, -0.15) is 0 Å². The number of rotatable bonds is 13. The quantitative estimate of drug-likeness (QED) is 0.0925. The van der Waals surface area contributed by atoms with Crippen LogP contribution in [0.5, 0.6) is 17.2 Å². The smallest absolute Gasteiger partial charge is 0.329 e. The first-order valence-corrected chi connectivity index (χ1v) is 24.3. The van der Waals surface area contributed by atoms with Crippen LogP contribution in [0.4, 0.5) is 10.5 Å². The van der Waals surface area contributed by atoms with Gasteiger partial charge in [0.05, 0.1) is 58.2 Å². The minimum atomic E-state index is -2.18. The monoisotopic (exact) mass is 990 g/mol. The first-order valence-electron chi connectivity index (χ1n) is 24.3. The van der Waals surface area contributed by atoms with Gasteiger partial charge in [-0.05, 0) is 76.6 Å². The molecule has 9 rings (SSSR count). The first kappa shape index (κ1) is 50.2. The summed E-state index contributed by atoms with van der Waals surface area (Å²) < 4.78 is 29.4. The molecule has 1 spiro atoms. The highest BCUT2D eigenvalue weighted by atomic mass is 16.6. The highest BCUT2D eigenvalue weighted by Crippen LogP contribution is 2.67. The molecule has 0 radical (unpaired) electrons. The number of morpholine rings is 1. The topological polar surface area (TPSA) is 194 Å². The minimum Gasteiger partial charge on any atom is -0.493 e. The van der Waals surface area contributed by atoms with E-state index in [4.69, 9.17) is 23.7 Å². The average Bonchev–Trinajstić information content (AvgIpc) is 3.87. The van der Waals surface area contributed by atoms with E-state index < -0.39 is 77.3 Å². The Balaban J connectivity index is 1.38. The van der Waals surface area contributed by atoms with Crippen LogP contribution >= 0.6 is 0 Å². The van der Waals surface area contributed by atoms with Crippen molar-refractivity contribution in [1.29, 1.82) is 0 Å². The fourth-order valence-corrected chi connectivity index (χ4v) is 11.2. The number of aliphatic hydroxyl groups is 2. The number of amides is 4.